The number of thioether (sulfide) groups is 1. The molecular weight excluding hydrogens is 432 g/mol. The highest BCUT2D eigenvalue weighted by molar-refractivity contribution is 7.98. The number of carboxylic acids is 1. The molecule has 0 saturated heterocycles. The van der Waals surface area contributed by atoms with Crippen molar-refractivity contribution >= 4 is 35.5 Å². The molecule has 32 heavy (non-hydrogen) atoms. The molecule has 3 unspecified atom stereocenters. The Morgan fingerprint density at radius 2 is 1.69 bits per heavy atom. The number of carbonyl (C=O) groups excluding carboxylic acids is 3. The summed E-state index contributed by atoms with van der Waals surface area (Å²) in [6, 6.07) is 6.19. The fraction of sp³-hybridized carbons (Fsp3) is 0.545. The van der Waals surface area contributed by atoms with E-state index in [2.05, 4.69) is 16.0 Å². The average molecular weight is 467 g/mol. The quantitative estimate of drug-likeness (QED) is 0.268. The third-order valence-electron chi connectivity index (χ3n) is 4.65. The number of amides is 3. The lowest BCUT2D eigenvalue weighted by atomic mass is 10.0. The molecule has 3 amide bonds. The van der Waals surface area contributed by atoms with Gasteiger partial charge in [0.05, 0.1) is 12.6 Å². The van der Waals surface area contributed by atoms with E-state index < -0.39 is 41.8 Å². The predicted octanol–water partition coefficient (Wildman–Crippen LogP) is 0.526. The van der Waals surface area contributed by atoms with E-state index in [9.17, 15) is 24.3 Å². The second-order valence-electron chi connectivity index (χ2n) is 7.94. The Bertz CT molecular complexity index is 760. The van der Waals surface area contributed by atoms with Crippen LogP contribution in [-0.4, -0.2) is 65.5 Å². The summed E-state index contributed by atoms with van der Waals surface area (Å²) < 4.78 is 0. The molecule has 0 spiro atoms. The van der Waals surface area contributed by atoms with E-state index in [1.807, 2.05) is 26.2 Å². The SMILES string of the molecule is CSCCC(N)C(=O)NCC(=O)NC(CC(C)C)C(=O)NC(Cc1ccccc1)C(=O)O. The molecule has 10 heteroatoms. The van der Waals surface area contributed by atoms with Crippen molar-refractivity contribution in [3.8, 4) is 0 Å². The van der Waals surface area contributed by atoms with Gasteiger partial charge in [-0.25, -0.2) is 4.79 Å². The van der Waals surface area contributed by atoms with Crippen molar-refractivity contribution in [3.05, 3.63) is 35.9 Å². The van der Waals surface area contributed by atoms with Gasteiger partial charge in [0.15, 0.2) is 0 Å². The maximum atomic E-state index is 12.8. The number of nitrogens with two attached hydrogens (primary N) is 1. The first-order chi connectivity index (χ1) is 15.1. The van der Waals surface area contributed by atoms with Crippen LogP contribution in [0.5, 0.6) is 0 Å². The molecule has 0 saturated carbocycles. The zero-order chi connectivity index (χ0) is 24.1. The van der Waals surface area contributed by atoms with E-state index >= 15 is 0 Å². The summed E-state index contributed by atoms with van der Waals surface area (Å²) in [6.45, 7) is 3.45. The van der Waals surface area contributed by atoms with Crippen LogP contribution in [0.3, 0.4) is 0 Å². The van der Waals surface area contributed by atoms with Gasteiger partial charge in [-0.05, 0) is 36.3 Å². The monoisotopic (exact) mass is 466 g/mol. The number of nitrogens with one attached hydrogen (secondary N) is 3. The smallest absolute Gasteiger partial charge is 0.326 e. The van der Waals surface area contributed by atoms with Gasteiger partial charge in [-0.3, -0.25) is 14.4 Å². The summed E-state index contributed by atoms with van der Waals surface area (Å²) in [5, 5.41) is 17.1. The Balaban J connectivity index is 2.70. The van der Waals surface area contributed by atoms with Crippen molar-refractivity contribution in [1.29, 1.82) is 0 Å². The fourth-order valence-corrected chi connectivity index (χ4v) is 3.43. The number of carbonyl (C=O) groups is 4. The van der Waals surface area contributed by atoms with E-state index in [0.717, 1.165) is 11.3 Å². The van der Waals surface area contributed by atoms with E-state index in [0.29, 0.717) is 12.8 Å². The summed E-state index contributed by atoms with van der Waals surface area (Å²) in [6.07, 6.45) is 2.84. The predicted molar refractivity (Wildman–Crippen MR) is 125 cm³/mol. The zero-order valence-electron chi connectivity index (χ0n) is 18.8. The Labute approximate surface area is 193 Å². The van der Waals surface area contributed by atoms with Crippen LogP contribution in [0.1, 0.15) is 32.3 Å². The molecule has 0 aliphatic heterocycles. The molecule has 1 aromatic rings. The summed E-state index contributed by atoms with van der Waals surface area (Å²) in [7, 11) is 0. The van der Waals surface area contributed by atoms with Gasteiger partial charge >= 0.3 is 5.97 Å². The lowest BCUT2D eigenvalue weighted by Gasteiger charge is -2.23. The van der Waals surface area contributed by atoms with Crippen LogP contribution in [0.2, 0.25) is 0 Å². The highest BCUT2D eigenvalue weighted by Gasteiger charge is 2.27. The van der Waals surface area contributed by atoms with Crippen molar-refractivity contribution in [2.24, 2.45) is 11.7 Å². The highest BCUT2D eigenvalue weighted by Crippen LogP contribution is 2.08. The Morgan fingerprint density at radius 3 is 2.25 bits per heavy atom. The van der Waals surface area contributed by atoms with Gasteiger partial charge in [-0.2, -0.15) is 11.8 Å². The lowest BCUT2D eigenvalue weighted by molar-refractivity contribution is -0.142. The van der Waals surface area contributed by atoms with Gasteiger partial charge in [0.25, 0.3) is 0 Å². The van der Waals surface area contributed by atoms with Gasteiger partial charge in [0.2, 0.25) is 17.7 Å². The van der Waals surface area contributed by atoms with Crippen molar-refractivity contribution in [2.45, 2.75) is 51.2 Å². The van der Waals surface area contributed by atoms with Gasteiger partial charge < -0.3 is 26.8 Å². The van der Waals surface area contributed by atoms with Crippen LogP contribution in [0.15, 0.2) is 30.3 Å². The van der Waals surface area contributed by atoms with Crippen molar-refractivity contribution in [1.82, 2.24) is 16.0 Å². The van der Waals surface area contributed by atoms with Crippen molar-refractivity contribution < 1.29 is 24.3 Å². The molecule has 0 heterocycles. The first-order valence-electron chi connectivity index (χ1n) is 10.5. The maximum Gasteiger partial charge on any atom is 0.326 e. The van der Waals surface area contributed by atoms with Crippen LogP contribution in [0, 0.1) is 5.92 Å². The first kappa shape index (κ1) is 27.4. The molecule has 3 atom stereocenters. The van der Waals surface area contributed by atoms with Crippen molar-refractivity contribution in [3.63, 3.8) is 0 Å². The molecule has 9 nitrogen and oxygen atoms in total. The van der Waals surface area contributed by atoms with Gasteiger partial charge in [-0.1, -0.05) is 44.2 Å². The molecule has 0 fully saturated rings. The standard InChI is InChI=1S/C22H34N4O5S/c1-14(2)11-17(25-19(27)13-24-20(28)16(23)9-10-32-3)21(29)26-18(22(30)31)12-15-7-5-4-6-8-15/h4-8,14,16-18H,9-13,23H2,1-3H3,(H,24,28)(H,25,27)(H,26,29)(H,30,31). The number of rotatable bonds is 14. The van der Waals surface area contributed by atoms with Gasteiger partial charge in [0.1, 0.15) is 12.1 Å². The van der Waals surface area contributed by atoms with E-state index in [-0.39, 0.29) is 18.9 Å². The molecule has 0 bridgehead atoms. The third kappa shape index (κ3) is 10.6. The molecule has 0 radical (unpaired) electrons. The molecule has 1 aromatic carbocycles. The number of carboxylic acid groups (broad SMARTS) is 1. The minimum Gasteiger partial charge on any atom is -0.480 e. The molecule has 6 N–H and O–H groups in total. The van der Waals surface area contributed by atoms with Gasteiger partial charge in [0, 0.05) is 6.42 Å². The molecule has 0 aliphatic rings. The normalized spacial score (nSPS) is 13.7. The van der Waals surface area contributed by atoms with Crippen LogP contribution >= 0.6 is 11.8 Å². The lowest BCUT2D eigenvalue weighted by Crippen LogP contribution is -2.54. The number of hydrogen-bond donors (Lipinski definition) is 5. The molecule has 0 aliphatic carbocycles. The molecule has 1 rings (SSSR count). The third-order valence-corrected chi connectivity index (χ3v) is 5.29. The summed E-state index contributed by atoms with van der Waals surface area (Å²) in [5.41, 5.74) is 6.54. The van der Waals surface area contributed by atoms with Crippen LogP contribution in [0.4, 0.5) is 0 Å². The van der Waals surface area contributed by atoms with E-state index in [1.165, 1.54) is 0 Å². The Morgan fingerprint density at radius 1 is 1.03 bits per heavy atom. The Hall–Kier alpha value is -2.59. The largest absolute Gasteiger partial charge is 0.480 e. The minimum atomic E-state index is -1.16. The van der Waals surface area contributed by atoms with E-state index in [1.54, 1.807) is 36.0 Å². The minimum absolute atomic E-state index is 0.0676. The number of aliphatic carboxylic acids is 1. The van der Waals surface area contributed by atoms with Gasteiger partial charge in [-0.15, -0.1) is 0 Å². The molecular formula is C22H34N4O5S. The number of hydrogen-bond acceptors (Lipinski definition) is 6. The second-order valence-corrected chi connectivity index (χ2v) is 8.93. The summed E-state index contributed by atoms with van der Waals surface area (Å²) in [5.74, 6) is -1.94. The molecule has 178 valence electrons. The van der Waals surface area contributed by atoms with Crippen LogP contribution in [0.25, 0.3) is 0 Å². The second kappa shape index (κ2) is 14.5. The summed E-state index contributed by atoms with van der Waals surface area (Å²) >= 11 is 1.57. The number of benzene rings is 1. The van der Waals surface area contributed by atoms with Crippen LogP contribution in [-0.2, 0) is 25.6 Å². The first-order valence-corrected chi connectivity index (χ1v) is 11.9. The summed E-state index contributed by atoms with van der Waals surface area (Å²) in [4.78, 5) is 48.7. The van der Waals surface area contributed by atoms with E-state index in [4.69, 9.17) is 5.73 Å². The maximum absolute atomic E-state index is 12.8. The Kier molecular flexibility index (Phi) is 12.4. The van der Waals surface area contributed by atoms with Crippen LogP contribution < -0.4 is 21.7 Å². The highest BCUT2D eigenvalue weighted by atomic mass is 32.2. The average Bonchev–Trinajstić information content (AvgIpc) is 2.75. The fourth-order valence-electron chi connectivity index (χ4n) is 2.94. The topological polar surface area (TPSA) is 151 Å². The molecule has 0 aromatic heterocycles. The van der Waals surface area contributed by atoms with Crippen molar-refractivity contribution in [2.75, 3.05) is 18.6 Å². The zero-order valence-corrected chi connectivity index (χ0v) is 19.6.